The molecule has 0 spiro atoms. The number of rotatable bonds is 4. The molecule has 1 saturated heterocycles. The molecule has 0 saturated carbocycles. The fourth-order valence-electron chi connectivity index (χ4n) is 2.77. The Labute approximate surface area is 175 Å². The van der Waals surface area contributed by atoms with Crippen LogP contribution in [0.2, 0.25) is 0 Å². The van der Waals surface area contributed by atoms with E-state index < -0.39 is 12.0 Å². The van der Waals surface area contributed by atoms with Crippen molar-refractivity contribution in [2.45, 2.75) is 19.8 Å². The van der Waals surface area contributed by atoms with Crippen molar-refractivity contribution in [2.24, 2.45) is 0 Å². The van der Waals surface area contributed by atoms with E-state index in [9.17, 15) is 14.4 Å². The van der Waals surface area contributed by atoms with Crippen LogP contribution in [0.15, 0.2) is 48.5 Å². The van der Waals surface area contributed by atoms with Gasteiger partial charge in [-0.15, -0.1) is 0 Å². The third kappa shape index (κ3) is 3.82. The fraction of sp³-hybridized carbons (Fsp3) is 0.211. The molecule has 0 aromatic heterocycles. The second-order valence-electron chi connectivity index (χ2n) is 6.20. The third-order valence-electron chi connectivity index (χ3n) is 4.19. The van der Waals surface area contributed by atoms with Gasteiger partial charge in [0.05, 0.1) is 11.3 Å². The van der Waals surface area contributed by atoms with Gasteiger partial charge in [-0.05, 0) is 41.8 Å². The normalized spacial score (nSPS) is 14.0. The SMILES string of the molecule is CC(C)c1ccc(N2CC(=O)N(c3cccc(C(=O)O)c3)C2=O)cc1.[H-].[Na+]. The molecule has 3 rings (SSSR count). The topological polar surface area (TPSA) is 77.9 Å². The summed E-state index contributed by atoms with van der Waals surface area (Å²) < 4.78 is 0. The zero-order valence-electron chi connectivity index (χ0n) is 16.0. The maximum absolute atomic E-state index is 12.7. The Hall–Kier alpha value is -2.15. The minimum atomic E-state index is -1.11. The Morgan fingerprint density at radius 2 is 1.73 bits per heavy atom. The molecule has 0 radical (unpaired) electrons. The molecule has 130 valence electrons. The first-order valence-corrected chi connectivity index (χ1v) is 7.96. The summed E-state index contributed by atoms with van der Waals surface area (Å²) in [5.74, 6) is -1.12. The third-order valence-corrected chi connectivity index (χ3v) is 4.19. The summed E-state index contributed by atoms with van der Waals surface area (Å²) in [6.07, 6.45) is 0. The first-order chi connectivity index (χ1) is 11.9. The minimum Gasteiger partial charge on any atom is -1.00 e. The molecule has 3 amide bonds. The van der Waals surface area contributed by atoms with Gasteiger partial charge in [0.2, 0.25) is 0 Å². The number of carboxylic acid groups (broad SMARTS) is 1. The quantitative estimate of drug-likeness (QED) is 0.638. The monoisotopic (exact) mass is 362 g/mol. The number of hydrogen-bond acceptors (Lipinski definition) is 3. The van der Waals surface area contributed by atoms with Gasteiger partial charge in [0.15, 0.2) is 0 Å². The molecule has 7 heteroatoms. The van der Waals surface area contributed by atoms with Crippen molar-refractivity contribution in [3.05, 3.63) is 59.7 Å². The van der Waals surface area contributed by atoms with Crippen LogP contribution in [0, 0.1) is 0 Å². The van der Waals surface area contributed by atoms with E-state index in [1.165, 1.54) is 23.1 Å². The first-order valence-electron chi connectivity index (χ1n) is 7.96. The van der Waals surface area contributed by atoms with Crippen molar-refractivity contribution in [2.75, 3.05) is 16.3 Å². The molecule has 0 aliphatic carbocycles. The number of anilines is 2. The smallest absolute Gasteiger partial charge is 1.00 e. The van der Waals surface area contributed by atoms with Crippen molar-refractivity contribution < 1.29 is 50.5 Å². The fourth-order valence-corrected chi connectivity index (χ4v) is 2.77. The number of nitrogens with zero attached hydrogens (tertiary/aromatic N) is 2. The average Bonchev–Trinajstić information content (AvgIpc) is 2.89. The summed E-state index contributed by atoms with van der Waals surface area (Å²) >= 11 is 0. The molecule has 1 fully saturated rings. The van der Waals surface area contributed by atoms with Crippen molar-refractivity contribution in [1.29, 1.82) is 0 Å². The van der Waals surface area contributed by atoms with Crippen LogP contribution in [-0.4, -0.2) is 29.6 Å². The number of benzene rings is 2. The van der Waals surface area contributed by atoms with E-state index in [4.69, 9.17) is 5.11 Å². The molecule has 2 aromatic carbocycles. The molecule has 6 nitrogen and oxygen atoms in total. The number of carboxylic acids is 1. The van der Waals surface area contributed by atoms with Crippen LogP contribution >= 0.6 is 0 Å². The van der Waals surface area contributed by atoms with E-state index in [0.29, 0.717) is 11.6 Å². The zero-order chi connectivity index (χ0) is 18.1. The van der Waals surface area contributed by atoms with E-state index in [2.05, 4.69) is 13.8 Å². The van der Waals surface area contributed by atoms with Crippen molar-refractivity contribution in [3.63, 3.8) is 0 Å². The number of urea groups is 1. The van der Waals surface area contributed by atoms with Crippen LogP contribution in [0.5, 0.6) is 0 Å². The van der Waals surface area contributed by atoms with Gasteiger partial charge in [-0.2, -0.15) is 0 Å². The van der Waals surface area contributed by atoms with E-state index in [1.807, 2.05) is 24.3 Å². The summed E-state index contributed by atoms with van der Waals surface area (Å²) in [5, 5.41) is 9.09. The number of carbonyl (C=O) groups is 3. The average molecular weight is 362 g/mol. The van der Waals surface area contributed by atoms with Crippen LogP contribution in [0.4, 0.5) is 16.2 Å². The first kappa shape index (κ1) is 20.2. The van der Waals surface area contributed by atoms with Gasteiger partial charge < -0.3 is 6.53 Å². The summed E-state index contributed by atoms with van der Waals surface area (Å²) in [4.78, 5) is 38.6. The maximum Gasteiger partial charge on any atom is 1.00 e. The maximum atomic E-state index is 12.7. The summed E-state index contributed by atoms with van der Waals surface area (Å²) in [7, 11) is 0. The van der Waals surface area contributed by atoms with Gasteiger partial charge in [-0.25, -0.2) is 14.5 Å². The van der Waals surface area contributed by atoms with Crippen molar-refractivity contribution in [1.82, 2.24) is 0 Å². The molecular formula is C19H19N2NaO4. The number of aromatic carboxylic acids is 1. The van der Waals surface area contributed by atoms with Gasteiger partial charge in [0, 0.05) is 5.69 Å². The summed E-state index contributed by atoms with van der Waals surface area (Å²) in [6.45, 7) is 4.09. The van der Waals surface area contributed by atoms with Crippen LogP contribution in [0.3, 0.4) is 0 Å². The second kappa shape index (κ2) is 8.03. The molecular weight excluding hydrogens is 343 g/mol. The van der Waals surface area contributed by atoms with Crippen molar-refractivity contribution >= 4 is 29.3 Å². The van der Waals surface area contributed by atoms with Crippen LogP contribution in [0.25, 0.3) is 0 Å². The van der Waals surface area contributed by atoms with Gasteiger partial charge in [-0.3, -0.25) is 9.69 Å². The number of carbonyl (C=O) groups excluding carboxylic acids is 2. The van der Waals surface area contributed by atoms with Crippen LogP contribution in [0.1, 0.15) is 37.1 Å². The standard InChI is InChI=1S/C19H18N2O4.Na.H/c1-12(2)13-6-8-15(9-7-13)20-11-17(22)21(19(20)25)16-5-3-4-14(10-16)18(23)24;;/h3-10,12H,11H2,1-2H3,(H,23,24);;/q;+1;-1. The summed E-state index contributed by atoms with van der Waals surface area (Å²) in [6, 6.07) is 12.8. The Bertz CT molecular complexity index is 855. The number of imide groups is 1. The van der Waals surface area contributed by atoms with Gasteiger partial charge in [0.1, 0.15) is 6.54 Å². The van der Waals surface area contributed by atoms with Crippen molar-refractivity contribution in [3.8, 4) is 0 Å². The molecule has 0 unspecified atom stereocenters. The molecule has 1 heterocycles. The van der Waals surface area contributed by atoms with Crippen LogP contribution in [-0.2, 0) is 4.79 Å². The Kier molecular flexibility index (Phi) is 6.23. The molecule has 1 aliphatic heterocycles. The molecule has 0 bridgehead atoms. The predicted octanol–water partition coefficient (Wildman–Crippen LogP) is 0.598. The number of amides is 3. The molecule has 1 aliphatic rings. The van der Waals surface area contributed by atoms with Gasteiger partial charge >= 0.3 is 41.6 Å². The molecule has 26 heavy (non-hydrogen) atoms. The molecule has 1 N–H and O–H groups in total. The van der Waals surface area contributed by atoms with E-state index >= 15 is 0 Å². The predicted molar refractivity (Wildman–Crippen MR) is 95.3 cm³/mol. The minimum absolute atomic E-state index is 0. The number of hydrogen-bond donors (Lipinski definition) is 1. The van der Waals surface area contributed by atoms with Gasteiger partial charge in [0.25, 0.3) is 5.91 Å². The largest absolute Gasteiger partial charge is 1.00 e. The Morgan fingerprint density at radius 1 is 1.08 bits per heavy atom. The van der Waals surface area contributed by atoms with E-state index in [0.717, 1.165) is 10.5 Å². The Balaban J connectivity index is 0.00000182. The van der Waals surface area contributed by atoms with E-state index in [1.54, 1.807) is 6.07 Å². The zero-order valence-corrected chi connectivity index (χ0v) is 17.0. The molecule has 2 aromatic rings. The summed E-state index contributed by atoms with van der Waals surface area (Å²) in [5.41, 5.74) is 2.07. The molecule has 0 atom stereocenters. The second-order valence-corrected chi connectivity index (χ2v) is 6.20. The Morgan fingerprint density at radius 3 is 2.31 bits per heavy atom. The van der Waals surface area contributed by atoms with Gasteiger partial charge in [-0.1, -0.05) is 32.0 Å². The van der Waals surface area contributed by atoms with Crippen LogP contribution < -0.4 is 39.4 Å². The van der Waals surface area contributed by atoms with E-state index in [-0.39, 0.29) is 54.7 Å².